The highest BCUT2D eigenvalue weighted by Crippen LogP contribution is 2.31. The first-order chi connectivity index (χ1) is 9.20. The molecule has 5 heteroatoms. The number of hydrogen-bond donors (Lipinski definition) is 1. The van der Waals surface area contributed by atoms with E-state index in [1.165, 1.54) is 23.9 Å². The van der Waals surface area contributed by atoms with E-state index in [1.807, 2.05) is 0 Å². The maximum Gasteiger partial charge on any atom is 0.139 e. The zero-order valence-corrected chi connectivity index (χ0v) is 11.8. The van der Waals surface area contributed by atoms with Crippen molar-refractivity contribution in [3.63, 3.8) is 0 Å². The third-order valence-electron chi connectivity index (χ3n) is 3.13. The van der Waals surface area contributed by atoms with Gasteiger partial charge in [-0.1, -0.05) is 6.92 Å². The summed E-state index contributed by atoms with van der Waals surface area (Å²) in [5.74, 6) is -1.03. The van der Waals surface area contributed by atoms with E-state index in [-0.39, 0.29) is 5.25 Å². The average molecular weight is 287 g/mol. The summed E-state index contributed by atoms with van der Waals surface area (Å²) >= 11 is 1.43. The fraction of sp³-hybridized carbons (Fsp3) is 0.571. The molecule has 0 bridgehead atoms. The number of halogens is 2. The lowest BCUT2D eigenvalue weighted by molar-refractivity contribution is 0.0833. The predicted molar refractivity (Wildman–Crippen MR) is 73.5 cm³/mol. The van der Waals surface area contributed by atoms with Gasteiger partial charge in [0.15, 0.2) is 0 Å². The standard InChI is InChI=1S/C14H19F2NOS/c1-2-6-17-12-5-7-18-9-14(12)19-13-4-3-10(15)8-11(13)16/h3-4,8,12,14,17H,2,5-7,9H2,1H3. The monoisotopic (exact) mass is 287 g/mol. The van der Waals surface area contributed by atoms with Gasteiger partial charge >= 0.3 is 0 Å². The van der Waals surface area contributed by atoms with Crippen molar-refractivity contribution in [2.75, 3.05) is 19.8 Å². The average Bonchev–Trinajstić information content (AvgIpc) is 2.41. The zero-order chi connectivity index (χ0) is 13.7. The molecule has 1 aromatic carbocycles. The summed E-state index contributed by atoms with van der Waals surface area (Å²) in [6.45, 7) is 4.41. The van der Waals surface area contributed by atoms with E-state index < -0.39 is 11.6 Å². The van der Waals surface area contributed by atoms with Crippen LogP contribution in [0.15, 0.2) is 23.1 Å². The maximum absolute atomic E-state index is 13.7. The van der Waals surface area contributed by atoms with E-state index in [2.05, 4.69) is 12.2 Å². The molecule has 1 aromatic rings. The minimum atomic E-state index is -0.539. The van der Waals surface area contributed by atoms with Crippen molar-refractivity contribution < 1.29 is 13.5 Å². The van der Waals surface area contributed by atoms with Crippen LogP contribution in [0.4, 0.5) is 8.78 Å². The molecule has 106 valence electrons. The molecule has 2 nitrogen and oxygen atoms in total. The van der Waals surface area contributed by atoms with Gasteiger partial charge in [0.1, 0.15) is 11.6 Å². The van der Waals surface area contributed by atoms with Crippen LogP contribution in [0.25, 0.3) is 0 Å². The lowest BCUT2D eigenvalue weighted by Crippen LogP contribution is -2.45. The summed E-state index contributed by atoms with van der Waals surface area (Å²) in [7, 11) is 0. The lowest BCUT2D eigenvalue weighted by Gasteiger charge is -2.32. The molecule has 1 heterocycles. The Kier molecular flexibility index (Phi) is 5.60. The maximum atomic E-state index is 13.7. The quantitative estimate of drug-likeness (QED) is 0.898. The summed E-state index contributed by atoms with van der Waals surface area (Å²) in [4.78, 5) is 0.486. The number of rotatable bonds is 5. The Labute approximate surface area is 116 Å². The van der Waals surface area contributed by atoms with Crippen molar-refractivity contribution >= 4 is 11.8 Å². The topological polar surface area (TPSA) is 21.3 Å². The molecule has 2 rings (SSSR count). The first-order valence-electron chi connectivity index (χ1n) is 6.63. The molecule has 1 aliphatic heterocycles. The van der Waals surface area contributed by atoms with Gasteiger partial charge in [-0.3, -0.25) is 0 Å². The smallest absolute Gasteiger partial charge is 0.139 e. The highest BCUT2D eigenvalue weighted by molar-refractivity contribution is 8.00. The van der Waals surface area contributed by atoms with Crippen LogP contribution in [-0.4, -0.2) is 31.1 Å². The molecule has 0 saturated carbocycles. The summed E-state index contributed by atoms with van der Waals surface area (Å²) in [6.07, 6.45) is 2.00. The second-order valence-corrected chi connectivity index (χ2v) is 5.94. The van der Waals surface area contributed by atoms with E-state index in [4.69, 9.17) is 4.74 Å². The third-order valence-corrected chi connectivity index (χ3v) is 4.49. The Balaban J connectivity index is 2.02. The van der Waals surface area contributed by atoms with Crippen molar-refractivity contribution in [3.05, 3.63) is 29.8 Å². The van der Waals surface area contributed by atoms with Crippen LogP contribution in [0.5, 0.6) is 0 Å². The summed E-state index contributed by atoms with van der Waals surface area (Å²) in [6, 6.07) is 4.05. The highest BCUT2D eigenvalue weighted by Gasteiger charge is 2.26. The Morgan fingerprint density at radius 1 is 1.42 bits per heavy atom. The summed E-state index contributed by atoms with van der Waals surface area (Å²) in [5, 5.41) is 3.64. The number of benzene rings is 1. The van der Waals surface area contributed by atoms with E-state index in [0.29, 0.717) is 17.5 Å². The highest BCUT2D eigenvalue weighted by atomic mass is 32.2. The minimum absolute atomic E-state index is 0.167. The fourth-order valence-electron chi connectivity index (χ4n) is 2.13. The van der Waals surface area contributed by atoms with Crippen molar-refractivity contribution in [1.29, 1.82) is 0 Å². The van der Waals surface area contributed by atoms with Crippen LogP contribution < -0.4 is 5.32 Å². The van der Waals surface area contributed by atoms with E-state index in [1.54, 1.807) is 0 Å². The third kappa shape index (κ3) is 4.16. The molecule has 1 fully saturated rings. The molecule has 0 radical (unpaired) electrons. The van der Waals surface area contributed by atoms with Crippen LogP contribution in [0, 0.1) is 11.6 Å². The molecular formula is C14H19F2NOS. The Bertz CT molecular complexity index is 416. The van der Waals surface area contributed by atoms with Gasteiger partial charge in [-0.25, -0.2) is 8.78 Å². The second kappa shape index (κ2) is 7.22. The molecule has 1 aliphatic rings. The van der Waals surface area contributed by atoms with E-state index >= 15 is 0 Å². The molecule has 0 amide bonds. The molecule has 2 unspecified atom stereocenters. The molecule has 1 N–H and O–H groups in total. The predicted octanol–water partition coefficient (Wildman–Crippen LogP) is 3.21. The van der Waals surface area contributed by atoms with Crippen molar-refractivity contribution in [2.24, 2.45) is 0 Å². The van der Waals surface area contributed by atoms with E-state index in [0.717, 1.165) is 32.1 Å². The van der Waals surface area contributed by atoms with Gasteiger partial charge < -0.3 is 10.1 Å². The van der Waals surface area contributed by atoms with Gasteiger partial charge in [0, 0.05) is 28.9 Å². The van der Waals surface area contributed by atoms with Gasteiger partial charge in [0.05, 0.1) is 6.61 Å². The van der Waals surface area contributed by atoms with Gasteiger partial charge in [0.2, 0.25) is 0 Å². The summed E-state index contributed by atoms with van der Waals surface area (Å²) in [5.41, 5.74) is 0. The minimum Gasteiger partial charge on any atom is -0.380 e. The molecule has 0 aliphatic carbocycles. The Hall–Kier alpha value is -0.650. The number of thioether (sulfide) groups is 1. The van der Waals surface area contributed by atoms with Gasteiger partial charge in [-0.2, -0.15) is 0 Å². The molecule has 1 saturated heterocycles. The first-order valence-corrected chi connectivity index (χ1v) is 7.51. The lowest BCUT2D eigenvalue weighted by atomic mass is 10.1. The van der Waals surface area contributed by atoms with Gasteiger partial charge in [0.25, 0.3) is 0 Å². The molecule has 19 heavy (non-hydrogen) atoms. The Morgan fingerprint density at radius 2 is 2.26 bits per heavy atom. The second-order valence-electron chi connectivity index (χ2n) is 4.66. The molecule has 0 aromatic heterocycles. The van der Waals surface area contributed by atoms with Crippen molar-refractivity contribution in [2.45, 2.75) is 36.0 Å². The molecule has 2 atom stereocenters. The zero-order valence-electron chi connectivity index (χ0n) is 11.0. The van der Waals surface area contributed by atoms with Crippen LogP contribution >= 0.6 is 11.8 Å². The van der Waals surface area contributed by atoms with Crippen LogP contribution in [-0.2, 0) is 4.74 Å². The fourth-order valence-corrected chi connectivity index (χ4v) is 3.33. The van der Waals surface area contributed by atoms with E-state index in [9.17, 15) is 8.78 Å². The number of ether oxygens (including phenoxy) is 1. The first kappa shape index (κ1) is 14.8. The van der Waals surface area contributed by atoms with Crippen LogP contribution in [0.3, 0.4) is 0 Å². The number of hydrogen-bond acceptors (Lipinski definition) is 3. The molecular weight excluding hydrogens is 268 g/mol. The normalized spacial score (nSPS) is 23.5. The number of nitrogens with one attached hydrogen (secondary N) is 1. The molecule has 0 spiro atoms. The van der Waals surface area contributed by atoms with Crippen molar-refractivity contribution in [3.8, 4) is 0 Å². The van der Waals surface area contributed by atoms with Crippen LogP contribution in [0.1, 0.15) is 19.8 Å². The van der Waals surface area contributed by atoms with Gasteiger partial charge in [-0.15, -0.1) is 11.8 Å². The Morgan fingerprint density at radius 3 is 3.00 bits per heavy atom. The van der Waals surface area contributed by atoms with Gasteiger partial charge in [-0.05, 0) is 31.5 Å². The summed E-state index contributed by atoms with van der Waals surface area (Å²) < 4.78 is 32.0. The largest absolute Gasteiger partial charge is 0.380 e. The SMILES string of the molecule is CCCNC1CCOCC1Sc1ccc(F)cc1F. The van der Waals surface area contributed by atoms with Crippen molar-refractivity contribution in [1.82, 2.24) is 5.32 Å². The van der Waals surface area contributed by atoms with Crippen LogP contribution in [0.2, 0.25) is 0 Å².